The van der Waals surface area contributed by atoms with Crippen LogP contribution in [0.1, 0.15) is 44.1 Å². The molecule has 2 N–H and O–H groups in total. The molecule has 1 aliphatic carbocycles. The zero-order valence-corrected chi connectivity index (χ0v) is 11.1. The predicted octanol–water partition coefficient (Wildman–Crippen LogP) is 3.30. The molecule has 0 aromatic heterocycles. The molecule has 2 nitrogen and oxygen atoms in total. The van der Waals surface area contributed by atoms with Crippen LogP contribution in [0.25, 0.3) is 0 Å². The van der Waals surface area contributed by atoms with E-state index in [1.807, 2.05) is 0 Å². The van der Waals surface area contributed by atoms with Crippen LogP contribution in [-0.2, 0) is 6.54 Å². The Morgan fingerprint density at radius 3 is 2.72 bits per heavy atom. The number of anilines is 1. The van der Waals surface area contributed by atoms with Crippen molar-refractivity contribution in [3.05, 3.63) is 29.8 Å². The summed E-state index contributed by atoms with van der Waals surface area (Å²) in [4.78, 5) is 2.65. The fourth-order valence-corrected chi connectivity index (χ4v) is 3.81. The molecule has 1 aliphatic heterocycles. The van der Waals surface area contributed by atoms with Gasteiger partial charge in [-0.25, -0.2) is 0 Å². The molecule has 1 unspecified atom stereocenters. The van der Waals surface area contributed by atoms with Crippen LogP contribution >= 0.6 is 0 Å². The third-order valence-electron chi connectivity index (χ3n) is 4.72. The molecule has 1 aromatic carbocycles. The van der Waals surface area contributed by atoms with Crippen LogP contribution in [0.4, 0.5) is 5.69 Å². The Labute approximate surface area is 110 Å². The first-order valence-electron chi connectivity index (χ1n) is 7.44. The van der Waals surface area contributed by atoms with E-state index in [-0.39, 0.29) is 0 Å². The van der Waals surface area contributed by atoms with Crippen LogP contribution in [0, 0.1) is 5.92 Å². The van der Waals surface area contributed by atoms with Crippen molar-refractivity contribution in [3.8, 4) is 0 Å². The van der Waals surface area contributed by atoms with Crippen molar-refractivity contribution >= 4 is 5.69 Å². The maximum absolute atomic E-state index is 5.76. The molecule has 1 atom stereocenters. The van der Waals surface area contributed by atoms with E-state index < -0.39 is 0 Å². The van der Waals surface area contributed by atoms with Crippen LogP contribution in [0.3, 0.4) is 0 Å². The Hall–Kier alpha value is -1.02. The summed E-state index contributed by atoms with van der Waals surface area (Å²) in [5, 5.41) is 0. The number of benzene rings is 1. The van der Waals surface area contributed by atoms with E-state index in [9.17, 15) is 0 Å². The third-order valence-corrected chi connectivity index (χ3v) is 4.72. The van der Waals surface area contributed by atoms with E-state index in [4.69, 9.17) is 5.73 Å². The normalized spacial score (nSPS) is 24.9. The molecule has 1 saturated carbocycles. The van der Waals surface area contributed by atoms with Crippen molar-refractivity contribution in [2.24, 2.45) is 11.7 Å². The van der Waals surface area contributed by atoms with Crippen molar-refractivity contribution in [3.63, 3.8) is 0 Å². The second-order valence-corrected chi connectivity index (χ2v) is 5.82. The second-order valence-electron chi connectivity index (χ2n) is 5.82. The molecule has 0 spiro atoms. The molecule has 2 heteroatoms. The van der Waals surface area contributed by atoms with Crippen molar-refractivity contribution in [1.29, 1.82) is 0 Å². The average Bonchev–Trinajstić information content (AvgIpc) is 3.09. The summed E-state index contributed by atoms with van der Waals surface area (Å²) in [5.74, 6) is 0.939. The summed E-state index contributed by atoms with van der Waals surface area (Å²) < 4.78 is 0. The molecule has 18 heavy (non-hydrogen) atoms. The Bertz CT molecular complexity index is 396. The minimum Gasteiger partial charge on any atom is -0.368 e. The lowest BCUT2D eigenvalue weighted by Gasteiger charge is -2.31. The van der Waals surface area contributed by atoms with Gasteiger partial charge in [0.1, 0.15) is 0 Å². The maximum atomic E-state index is 5.76. The Morgan fingerprint density at radius 2 is 1.94 bits per heavy atom. The molecular formula is C16H24N2. The zero-order chi connectivity index (χ0) is 12.4. The van der Waals surface area contributed by atoms with Gasteiger partial charge in [-0.2, -0.15) is 0 Å². The Morgan fingerprint density at radius 1 is 1.11 bits per heavy atom. The molecule has 0 amide bonds. The summed E-state index contributed by atoms with van der Waals surface area (Å²) in [6.45, 7) is 1.88. The van der Waals surface area contributed by atoms with Crippen molar-refractivity contribution < 1.29 is 0 Å². The van der Waals surface area contributed by atoms with Gasteiger partial charge in [-0.3, -0.25) is 0 Å². The lowest BCUT2D eigenvalue weighted by atomic mass is 9.95. The second kappa shape index (κ2) is 5.31. The number of hydrogen-bond acceptors (Lipinski definition) is 2. The summed E-state index contributed by atoms with van der Waals surface area (Å²) in [7, 11) is 0. The van der Waals surface area contributed by atoms with Gasteiger partial charge in [-0.05, 0) is 49.3 Å². The van der Waals surface area contributed by atoms with E-state index in [2.05, 4.69) is 29.2 Å². The quantitative estimate of drug-likeness (QED) is 0.884. The molecule has 2 fully saturated rings. The van der Waals surface area contributed by atoms with Crippen molar-refractivity contribution in [1.82, 2.24) is 0 Å². The van der Waals surface area contributed by atoms with Gasteiger partial charge in [0.15, 0.2) is 0 Å². The largest absolute Gasteiger partial charge is 0.368 e. The van der Waals surface area contributed by atoms with Crippen LogP contribution in [0.2, 0.25) is 0 Å². The number of rotatable bonds is 3. The predicted molar refractivity (Wildman–Crippen MR) is 76.7 cm³/mol. The smallest absolute Gasteiger partial charge is 0.0372 e. The Kier molecular flexibility index (Phi) is 3.55. The summed E-state index contributed by atoms with van der Waals surface area (Å²) in [6.07, 6.45) is 8.51. The van der Waals surface area contributed by atoms with E-state index in [0.29, 0.717) is 6.54 Å². The summed E-state index contributed by atoms with van der Waals surface area (Å²) >= 11 is 0. The standard InChI is InChI=1S/C16H24N2/c17-12-13-5-3-8-15(11-13)18-10-4-9-16(18)14-6-1-2-7-14/h3,5,8,11,14,16H,1-2,4,6-7,9-10,12,17H2. The molecule has 98 valence electrons. The molecule has 0 bridgehead atoms. The highest BCUT2D eigenvalue weighted by molar-refractivity contribution is 5.50. The molecule has 1 heterocycles. The molecule has 0 radical (unpaired) electrons. The maximum Gasteiger partial charge on any atom is 0.0372 e. The molecule has 1 aromatic rings. The molecule has 3 rings (SSSR count). The summed E-state index contributed by atoms with van der Waals surface area (Å²) in [5.41, 5.74) is 8.41. The third kappa shape index (κ3) is 2.26. The van der Waals surface area contributed by atoms with E-state index in [0.717, 1.165) is 12.0 Å². The van der Waals surface area contributed by atoms with Crippen molar-refractivity contribution in [2.45, 2.75) is 51.1 Å². The van der Waals surface area contributed by atoms with Gasteiger partial charge in [-0.15, -0.1) is 0 Å². The number of nitrogens with two attached hydrogens (primary N) is 1. The zero-order valence-electron chi connectivity index (χ0n) is 11.1. The fraction of sp³-hybridized carbons (Fsp3) is 0.625. The van der Waals surface area contributed by atoms with Crippen LogP contribution < -0.4 is 10.6 Å². The first-order valence-corrected chi connectivity index (χ1v) is 7.44. The topological polar surface area (TPSA) is 29.3 Å². The minimum atomic E-state index is 0.649. The number of nitrogens with zero attached hydrogens (tertiary/aromatic N) is 1. The lowest BCUT2D eigenvalue weighted by Crippen LogP contribution is -2.34. The molecule has 1 saturated heterocycles. The highest BCUT2D eigenvalue weighted by Crippen LogP contribution is 2.37. The van der Waals surface area contributed by atoms with E-state index in [1.54, 1.807) is 0 Å². The first kappa shape index (κ1) is 12.0. The van der Waals surface area contributed by atoms with Gasteiger partial charge in [0, 0.05) is 24.8 Å². The van der Waals surface area contributed by atoms with Gasteiger partial charge in [-0.1, -0.05) is 25.0 Å². The highest BCUT2D eigenvalue weighted by Gasteiger charge is 2.33. The molecule has 2 aliphatic rings. The highest BCUT2D eigenvalue weighted by atomic mass is 15.2. The van der Waals surface area contributed by atoms with Gasteiger partial charge >= 0.3 is 0 Å². The van der Waals surface area contributed by atoms with Gasteiger partial charge in [0.25, 0.3) is 0 Å². The van der Waals surface area contributed by atoms with Gasteiger partial charge in [0.2, 0.25) is 0 Å². The van der Waals surface area contributed by atoms with Crippen LogP contribution in [0.15, 0.2) is 24.3 Å². The van der Waals surface area contributed by atoms with Crippen molar-refractivity contribution in [2.75, 3.05) is 11.4 Å². The van der Waals surface area contributed by atoms with Crippen LogP contribution in [-0.4, -0.2) is 12.6 Å². The molecular weight excluding hydrogens is 220 g/mol. The Balaban J connectivity index is 1.80. The minimum absolute atomic E-state index is 0.649. The summed E-state index contributed by atoms with van der Waals surface area (Å²) in [6, 6.07) is 9.62. The van der Waals surface area contributed by atoms with Gasteiger partial charge in [0.05, 0.1) is 0 Å². The van der Waals surface area contributed by atoms with E-state index >= 15 is 0 Å². The fourth-order valence-electron chi connectivity index (χ4n) is 3.81. The number of hydrogen-bond donors (Lipinski definition) is 1. The van der Waals surface area contributed by atoms with Crippen LogP contribution in [0.5, 0.6) is 0 Å². The lowest BCUT2D eigenvalue weighted by molar-refractivity contribution is 0.431. The SMILES string of the molecule is NCc1cccc(N2CCCC2C2CCCC2)c1. The monoisotopic (exact) mass is 244 g/mol. The first-order chi connectivity index (χ1) is 8.88. The average molecular weight is 244 g/mol. The van der Waals surface area contributed by atoms with E-state index in [1.165, 1.54) is 56.3 Å². The van der Waals surface area contributed by atoms with Gasteiger partial charge < -0.3 is 10.6 Å².